The molecule has 0 amide bonds. The summed E-state index contributed by atoms with van der Waals surface area (Å²) in [5.41, 5.74) is 2.62. The van der Waals surface area contributed by atoms with Gasteiger partial charge in [-0.15, -0.1) is 0 Å². The molecule has 0 radical (unpaired) electrons. The highest BCUT2D eigenvalue weighted by molar-refractivity contribution is 5.91. The standard InChI is InChI=1S/C16H16O3/c1-18-14-8-9-15(16(17)19-2)13(11-14)10-12-6-4-3-5-7-12/h3-9,11H,10H2,1-2H3. The van der Waals surface area contributed by atoms with Crippen LogP contribution in [0.1, 0.15) is 21.5 Å². The van der Waals surface area contributed by atoms with Crippen LogP contribution in [0.25, 0.3) is 0 Å². The smallest absolute Gasteiger partial charge is 0.338 e. The van der Waals surface area contributed by atoms with Gasteiger partial charge in [-0.3, -0.25) is 0 Å². The number of carbonyl (C=O) groups excluding carboxylic acids is 1. The lowest BCUT2D eigenvalue weighted by atomic mass is 9.99. The molecule has 0 spiro atoms. The minimum Gasteiger partial charge on any atom is -0.497 e. The van der Waals surface area contributed by atoms with E-state index in [1.807, 2.05) is 36.4 Å². The van der Waals surface area contributed by atoms with Gasteiger partial charge in [0, 0.05) is 0 Å². The van der Waals surface area contributed by atoms with Crippen LogP contribution >= 0.6 is 0 Å². The van der Waals surface area contributed by atoms with E-state index >= 15 is 0 Å². The normalized spacial score (nSPS) is 10.0. The maximum atomic E-state index is 11.8. The van der Waals surface area contributed by atoms with E-state index in [0.717, 1.165) is 16.9 Å². The molecule has 2 rings (SSSR count). The second-order valence-electron chi connectivity index (χ2n) is 4.18. The molecule has 0 aromatic heterocycles. The number of carbonyl (C=O) groups is 1. The first-order chi connectivity index (χ1) is 9.24. The van der Waals surface area contributed by atoms with Crippen LogP contribution in [-0.4, -0.2) is 20.2 Å². The van der Waals surface area contributed by atoms with E-state index in [9.17, 15) is 4.79 Å². The summed E-state index contributed by atoms with van der Waals surface area (Å²) in [5.74, 6) is 0.409. The Bertz CT molecular complexity index is 561. The van der Waals surface area contributed by atoms with Gasteiger partial charge in [-0.1, -0.05) is 30.3 Å². The van der Waals surface area contributed by atoms with Gasteiger partial charge in [0.2, 0.25) is 0 Å². The first-order valence-corrected chi connectivity index (χ1v) is 6.03. The lowest BCUT2D eigenvalue weighted by Crippen LogP contribution is -2.06. The van der Waals surface area contributed by atoms with Gasteiger partial charge in [-0.2, -0.15) is 0 Å². The van der Waals surface area contributed by atoms with E-state index < -0.39 is 0 Å². The topological polar surface area (TPSA) is 35.5 Å². The van der Waals surface area contributed by atoms with Gasteiger partial charge in [-0.25, -0.2) is 4.79 Å². The van der Waals surface area contributed by atoms with E-state index in [1.165, 1.54) is 7.11 Å². The molecule has 0 saturated heterocycles. The fraction of sp³-hybridized carbons (Fsp3) is 0.188. The van der Waals surface area contributed by atoms with Crippen molar-refractivity contribution in [2.75, 3.05) is 14.2 Å². The summed E-state index contributed by atoms with van der Waals surface area (Å²) < 4.78 is 10.0. The van der Waals surface area contributed by atoms with Crippen molar-refractivity contribution in [2.45, 2.75) is 6.42 Å². The summed E-state index contributed by atoms with van der Waals surface area (Å²) in [6, 6.07) is 15.4. The van der Waals surface area contributed by atoms with Crippen molar-refractivity contribution < 1.29 is 14.3 Å². The summed E-state index contributed by atoms with van der Waals surface area (Å²) in [7, 11) is 3.00. The van der Waals surface area contributed by atoms with Gasteiger partial charge in [0.05, 0.1) is 19.8 Å². The molecule has 0 heterocycles. The van der Waals surface area contributed by atoms with Crippen molar-refractivity contribution in [3.05, 3.63) is 65.2 Å². The minimum absolute atomic E-state index is 0.325. The van der Waals surface area contributed by atoms with E-state index in [0.29, 0.717) is 12.0 Å². The molecule has 3 heteroatoms. The van der Waals surface area contributed by atoms with Crippen LogP contribution in [0.15, 0.2) is 48.5 Å². The second kappa shape index (κ2) is 6.05. The quantitative estimate of drug-likeness (QED) is 0.789. The largest absolute Gasteiger partial charge is 0.497 e. The molecule has 19 heavy (non-hydrogen) atoms. The molecule has 0 aliphatic rings. The van der Waals surface area contributed by atoms with E-state index in [4.69, 9.17) is 9.47 Å². The van der Waals surface area contributed by atoms with E-state index in [1.54, 1.807) is 19.2 Å². The molecular weight excluding hydrogens is 240 g/mol. The van der Waals surface area contributed by atoms with Crippen molar-refractivity contribution in [1.29, 1.82) is 0 Å². The third kappa shape index (κ3) is 3.13. The fourth-order valence-electron chi connectivity index (χ4n) is 1.97. The van der Waals surface area contributed by atoms with Gasteiger partial charge in [0.25, 0.3) is 0 Å². The van der Waals surface area contributed by atoms with Crippen molar-refractivity contribution in [1.82, 2.24) is 0 Å². The van der Waals surface area contributed by atoms with Crippen LogP contribution < -0.4 is 4.74 Å². The number of ether oxygens (including phenoxy) is 2. The summed E-state index contributed by atoms with van der Waals surface area (Å²) >= 11 is 0. The molecule has 0 saturated carbocycles. The van der Waals surface area contributed by atoms with Gasteiger partial charge in [-0.05, 0) is 35.7 Å². The molecule has 0 aliphatic carbocycles. The predicted molar refractivity (Wildman–Crippen MR) is 73.6 cm³/mol. The number of benzene rings is 2. The summed E-state index contributed by atoms with van der Waals surface area (Å²) in [5, 5.41) is 0. The average molecular weight is 256 g/mol. The zero-order chi connectivity index (χ0) is 13.7. The molecular formula is C16H16O3. The molecule has 2 aromatic carbocycles. The number of esters is 1. The summed E-state index contributed by atoms with van der Waals surface area (Å²) in [4.78, 5) is 11.8. The molecule has 0 atom stereocenters. The molecule has 0 N–H and O–H groups in total. The molecule has 3 nitrogen and oxygen atoms in total. The second-order valence-corrected chi connectivity index (χ2v) is 4.18. The Kier molecular flexibility index (Phi) is 4.18. The summed E-state index contributed by atoms with van der Waals surface area (Å²) in [6.45, 7) is 0. The molecule has 0 unspecified atom stereocenters. The molecule has 0 fully saturated rings. The summed E-state index contributed by atoms with van der Waals surface area (Å²) in [6.07, 6.45) is 0.669. The van der Waals surface area contributed by atoms with Crippen molar-refractivity contribution in [3.8, 4) is 5.75 Å². The van der Waals surface area contributed by atoms with Crippen LogP contribution in [-0.2, 0) is 11.2 Å². The number of hydrogen-bond donors (Lipinski definition) is 0. The number of methoxy groups -OCH3 is 2. The van der Waals surface area contributed by atoms with Crippen LogP contribution in [0.4, 0.5) is 0 Å². The SMILES string of the molecule is COC(=O)c1ccc(OC)cc1Cc1ccccc1. The average Bonchev–Trinajstić information content (AvgIpc) is 2.47. The Morgan fingerprint density at radius 3 is 2.42 bits per heavy atom. The lowest BCUT2D eigenvalue weighted by Gasteiger charge is -2.10. The van der Waals surface area contributed by atoms with Crippen molar-refractivity contribution in [3.63, 3.8) is 0 Å². The van der Waals surface area contributed by atoms with Crippen LogP contribution in [0, 0.1) is 0 Å². The van der Waals surface area contributed by atoms with Gasteiger partial charge in [0.1, 0.15) is 5.75 Å². The zero-order valence-corrected chi connectivity index (χ0v) is 11.1. The maximum Gasteiger partial charge on any atom is 0.338 e. The van der Waals surface area contributed by atoms with Gasteiger partial charge >= 0.3 is 5.97 Å². The molecule has 0 aliphatic heterocycles. The Morgan fingerprint density at radius 1 is 1.05 bits per heavy atom. The Morgan fingerprint density at radius 2 is 1.79 bits per heavy atom. The minimum atomic E-state index is -0.325. The Hall–Kier alpha value is -2.29. The highest BCUT2D eigenvalue weighted by atomic mass is 16.5. The zero-order valence-electron chi connectivity index (χ0n) is 11.1. The van der Waals surface area contributed by atoms with Crippen LogP contribution in [0.5, 0.6) is 5.75 Å². The molecule has 0 bridgehead atoms. The predicted octanol–water partition coefficient (Wildman–Crippen LogP) is 3.07. The first-order valence-electron chi connectivity index (χ1n) is 6.03. The fourth-order valence-corrected chi connectivity index (χ4v) is 1.97. The van der Waals surface area contributed by atoms with Crippen LogP contribution in [0.2, 0.25) is 0 Å². The number of hydrogen-bond acceptors (Lipinski definition) is 3. The first kappa shape index (κ1) is 13.1. The highest BCUT2D eigenvalue weighted by Crippen LogP contribution is 2.21. The van der Waals surface area contributed by atoms with Crippen molar-refractivity contribution in [2.24, 2.45) is 0 Å². The van der Waals surface area contributed by atoms with Crippen LogP contribution in [0.3, 0.4) is 0 Å². The van der Waals surface area contributed by atoms with E-state index in [-0.39, 0.29) is 5.97 Å². The van der Waals surface area contributed by atoms with E-state index in [2.05, 4.69) is 0 Å². The maximum absolute atomic E-state index is 11.8. The monoisotopic (exact) mass is 256 g/mol. The van der Waals surface area contributed by atoms with Gasteiger partial charge in [0.15, 0.2) is 0 Å². The van der Waals surface area contributed by atoms with Crippen molar-refractivity contribution >= 4 is 5.97 Å². The molecule has 98 valence electrons. The Labute approximate surface area is 112 Å². The van der Waals surface area contributed by atoms with Gasteiger partial charge < -0.3 is 9.47 Å². The number of rotatable bonds is 4. The third-order valence-electron chi connectivity index (χ3n) is 2.96. The lowest BCUT2D eigenvalue weighted by molar-refractivity contribution is 0.0599. The Balaban J connectivity index is 2.38. The third-order valence-corrected chi connectivity index (χ3v) is 2.96. The molecule has 2 aromatic rings. The highest BCUT2D eigenvalue weighted by Gasteiger charge is 2.13.